The molecule has 0 amide bonds. The molecule has 0 unspecified atom stereocenters. The molecule has 3 rings (SSSR count). The fourth-order valence-corrected chi connectivity index (χ4v) is 3.88. The van der Waals surface area contributed by atoms with E-state index in [1.54, 1.807) is 0 Å². The lowest BCUT2D eigenvalue weighted by atomic mass is 10.0. The lowest BCUT2D eigenvalue weighted by Crippen LogP contribution is -2.61. The molecule has 0 radical (unpaired) electrons. The van der Waals surface area contributed by atoms with Gasteiger partial charge in [-0.05, 0) is 12.5 Å². The average Bonchev–Trinajstić information content (AvgIpc) is 2.67. The maximum atomic E-state index is 10.8. The SMILES string of the molecule is CC(=O)O.CCC[C@H]1COC[C@H]2CN(Cc3ccccc3OCC(=O)O)CCN12. The Morgan fingerprint density at radius 3 is 2.62 bits per heavy atom. The molecule has 1 aromatic rings. The number of rotatable bonds is 7. The number of hydrogen-bond donors (Lipinski definition) is 2. The van der Waals surface area contributed by atoms with E-state index in [4.69, 9.17) is 24.5 Å². The van der Waals surface area contributed by atoms with Crippen molar-refractivity contribution in [2.75, 3.05) is 39.5 Å². The average molecular weight is 408 g/mol. The van der Waals surface area contributed by atoms with Crippen LogP contribution in [0.5, 0.6) is 5.75 Å². The van der Waals surface area contributed by atoms with Gasteiger partial charge in [0.1, 0.15) is 5.75 Å². The van der Waals surface area contributed by atoms with Crippen LogP contribution < -0.4 is 4.74 Å². The Morgan fingerprint density at radius 1 is 1.21 bits per heavy atom. The van der Waals surface area contributed by atoms with Gasteiger partial charge >= 0.3 is 5.97 Å². The second kappa shape index (κ2) is 11.7. The first kappa shape index (κ1) is 23.1. The van der Waals surface area contributed by atoms with Crippen LogP contribution in [0.2, 0.25) is 0 Å². The number of carboxylic acid groups (broad SMARTS) is 2. The molecule has 2 N–H and O–H groups in total. The molecular weight excluding hydrogens is 376 g/mol. The molecule has 8 heteroatoms. The van der Waals surface area contributed by atoms with Crippen molar-refractivity contribution in [2.24, 2.45) is 0 Å². The Labute approximate surface area is 172 Å². The fourth-order valence-electron chi connectivity index (χ4n) is 3.88. The lowest BCUT2D eigenvalue weighted by Gasteiger charge is -2.48. The fraction of sp³-hybridized carbons (Fsp3) is 0.619. The highest BCUT2D eigenvalue weighted by Crippen LogP contribution is 2.25. The van der Waals surface area contributed by atoms with Crippen LogP contribution in [-0.4, -0.2) is 83.5 Å². The third-order valence-corrected chi connectivity index (χ3v) is 5.04. The maximum Gasteiger partial charge on any atom is 0.341 e. The van der Waals surface area contributed by atoms with Gasteiger partial charge in [-0.1, -0.05) is 31.5 Å². The largest absolute Gasteiger partial charge is 0.482 e. The molecule has 1 aromatic carbocycles. The lowest BCUT2D eigenvalue weighted by molar-refractivity contribution is -0.139. The van der Waals surface area contributed by atoms with Gasteiger partial charge in [0.2, 0.25) is 0 Å². The van der Waals surface area contributed by atoms with Crippen LogP contribution in [0.25, 0.3) is 0 Å². The number of ether oxygens (including phenoxy) is 2. The van der Waals surface area contributed by atoms with Gasteiger partial charge < -0.3 is 19.7 Å². The zero-order valence-electron chi connectivity index (χ0n) is 17.2. The monoisotopic (exact) mass is 408 g/mol. The number of morpholine rings is 1. The number of para-hydroxylation sites is 1. The van der Waals surface area contributed by atoms with Crippen LogP contribution in [0.1, 0.15) is 32.3 Å². The third-order valence-electron chi connectivity index (χ3n) is 5.04. The second-order valence-electron chi connectivity index (χ2n) is 7.42. The van der Waals surface area contributed by atoms with Crippen LogP contribution in [0.3, 0.4) is 0 Å². The molecule has 2 saturated heterocycles. The number of aliphatic carboxylic acids is 2. The molecule has 2 aliphatic rings. The number of benzene rings is 1. The van der Waals surface area contributed by atoms with Crippen LogP contribution in [-0.2, 0) is 20.9 Å². The van der Waals surface area contributed by atoms with Gasteiger partial charge in [-0.3, -0.25) is 14.6 Å². The molecule has 162 valence electrons. The number of piperazine rings is 1. The van der Waals surface area contributed by atoms with Crippen molar-refractivity contribution < 1.29 is 29.3 Å². The molecule has 0 saturated carbocycles. The summed E-state index contributed by atoms with van der Waals surface area (Å²) in [6, 6.07) is 8.71. The maximum absolute atomic E-state index is 10.8. The van der Waals surface area contributed by atoms with E-state index in [9.17, 15) is 4.79 Å². The van der Waals surface area contributed by atoms with Crippen LogP contribution in [0.4, 0.5) is 0 Å². The minimum absolute atomic E-state index is 0.306. The van der Waals surface area contributed by atoms with Crippen molar-refractivity contribution in [3.05, 3.63) is 29.8 Å². The Morgan fingerprint density at radius 2 is 1.93 bits per heavy atom. The highest BCUT2D eigenvalue weighted by Gasteiger charge is 2.35. The van der Waals surface area contributed by atoms with E-state index >= 15 is 0 Å². The van der Waals surface area contributed by atoms with Gasteiger partial charge in [0.15, 0.2) is 6.61 Å². The number of hydrogen-bond acceptors (Lipinski definition) is 6. The summed E-state index contributed by atoms with van der Waals surface area (Å²) >= 11 is 0. The Bertz CT molecular complexity index is 662. The zero-order chi connectivity index (χ0) is 21.2. The second-order valence-corrected chi connectivity index (χ2v) is 7.42. The first-order valence-electron chi connectivity index (χ1n) is 10.1. The van der Waals surface area contributed by atoms with E-state index in [0.29, 0.717) is 17.8 Å². The van der Waals surface area contributed by atoms with Gasteiger partial charge in [-0.15, -0.1) is 0 Å². The predicted octanol–water partition coefficient (Wildman–Crippen LogP) is 1.93. The summed E-state index contributed by atoms with van der Waals surface area (Å²) in [5, 5.41) is 16.2. The summed E-state index contributed by atoms with van der Waals surface area (Å²) in [5.41, 5.74) is 1.04. The van der Waals surface area contributed by atoms with Gasteiger partial charge in [0.25, 0.3) is 5.97 Å². The van der Waals surface area contributed by atoms with Crippen LogP contribution in [0.15, 0.2) is 24.3 Å². The van der Waals surface area contributed by atoms with Gasteiger partial charge in [-0.2, -0.15) is 0 Å². The van der Waals surface area contributed by atoms with Crippen molar-refractivity contribution in [2.45, 2.75) is 45.3 Å². The van der Waals surface area contributed by atoms with E-state index in [1.165, 1.54) is 12.8 Å². The van der Waals surface area contributed by atoms with Crippen molar-refractivity contribution in [3.8, 4) is 5.75 Å². The van der Waals surface area contributed by atoms with Gasteiger partial charge in [0.05, 0.1) is 13.2 Å². The molecule has 2 atom stereocenters. The Hall–Kier alpha value is -2.16. The molecule has 0 aromatic heterocycles. The quantitative estimate of drug-likeness (QED) is 0.706. The van der Waals surface area contributed by atoms with Gasteiger partial charge in [-0.25, -0.2) is 4.79 Å². The molecule has 0 aliphatic carbocycles. The van der Waals surface area contributed by atoms with Crippen LogP contribution in [0, 0.1) is 0 Å². The normalized spacial score (nSPS) is 22.1. The van der Waals surface area contributed by atoms with Gasteiger partial charge in [0, 0.05) is 50.7 Å². The number of carbonyl (C=O) groups is 2. The van der Waals surface area contributed by atoms with E-state index in [2.05, 4.69) is 16.7 Å². The summed E-state index contributed by atoms with van der Waals surface area (Å²) in [6.45, 7) is 8.50. The first-order chi connectivity index (χ1) is 13.9. The van der Waals surface area contributed by atoms with Crippen molar-refractivity contribution >= 4 is 11.9 Å². The van der Waals surface area contributed by atoms with Crippen molar-refractivity contribution in [1.82, 2.24) is 9.80 Å². The molecule has 0 bridgehead atoms. The predicted molar refractivity (Wildman–Crippen MR) is 108 cm³/mol. The molecular formula is C21H32N2O6. The van der Waals surface area contributed by atoms with E-state index < -0.39 is 11.9 Å². The highest BCUT2D eigenvalue weighted by atomic mass is 16.5. The molecule has 2 heterocycles. The summed E-state index contributed by atoms with van der Waals surface area (Å²) in [7, 11) is 0. The first-order valence-corrected chi connectivity index (χ1v) is 10.1. The topological polar surface area (TPSA) is 99.5 Å². The molecule has 29 heavy (non-hydrogen) atoms. The smallest absolute Gasteiger partial charge is 0.341 e. The van der Waals surface area contributed by atoms with E-state index in [-0.39, 0.29) is 6.61 Å². The third kappa shape index (κ3) is 7.64. The van der Waals surface area contributed by atoms with Crippen LogP contribution >= 0.6 is 0 Å². The minimum Gasteiger partial charge on any atom is -0.482 e. The van der Waals surface area contributed by atoms with E-state index in [1.807, 2.05) is 24.3 Å². The van der Waals surface area contributed by atoms with E-state index in [0.717, 1.165) is 51.9 Å². The molecule has 0 spiro atoms. The summed E-state index contributed by atoms with van der Waals surface area (Å²) in [6.07, 6.45) is 2.39. The summed E-state index contributed by atoms with van der Waals surface area (Å²) in [5.74, 6) is -1.12. The minimum atomic E-state index is -0.954. The molecule has 2 fully saturated rings. The summed E-state index contributed by atoms with van der Waals surface area (Å²) < 4.78 is 11.3. The highest BCUT2D eigenvalue weighted by molar-refractivity contribution is 5.68. The number of carboxylic acids is 2. The van der Waals surface area contributed by atoms with Crippen molar-refractivity contribution in [3.63, 3.8) is 0 Å². The Balaban J connectivity index is 0.000000687. The van der Waals surface area contributed by atoms with Crippen molar-refractivity contribution in [1.29, 1.82) is 0 Å². The summed E-state index contributed by atoms with van der Waals surface area (Å²) in [4.78, 5) is 24.8. The number of fused-ring (bicyclic) bond motifs is 1. The zero-order valence-corrected chi connectivity index (χ0v) is 17.2. The Kier molecular flexibility index (Phi) is 9.37. The molecule has 8 nitrogen and oxygen atoms in total. The standard InChI is InChI=1S/C19H28N2O4.C2H4O2/c1-2-5-16-12-24-13-17-11-20(8-9-21(16)17)10-15-6-3-4-7-18(15)25-14-19(22)23;1-2(3)4/h3-4,6-7,16-17H,2,5,8-14H2,1H3,(H,22,23);1H3,(H,3,4)/t16-,17+;/m0./s1. The molecule has 2 aliphatic heterocycles. The number of nitrogens with zero attached hydrogens (tertiary/aromatic N) is 2.